The molecule has 0 aliphatic carbocycles. The summed E-state index contributed by atoms with van der Waals surface area (Å²) in [5, 5.41) is 3.49. The lowest BCUT2D eigenvalue weighted by molar-refractivity contribution is 0.251. The number of halogens is 1. The molecule has 2 unspecified atom stereocenters. The summed E-state index contributed by atoms with van der Waals surface area (Å²) in [4.78, 5) is 0.0332. The van der Waals surface area contributed by atoms with Gasteiger partial charge in [-0.05, 0) is 43.9 Å². The Hall–Kier alpha value is -0.980. The molecule has 0 radical (unpaired) electrons. The quantitative estimate of drug-likeness (QED) is 0.924. The molecule has 2 atom stereocenters. The molecule has 0 aromatic heterocycles. The summed E-state index contributed by atoms with van der Waals surface area (Å²) in [6.07, 6.45) is 3.91. The predicted molar refractivity (Wildman–Crippen MR) is 74.3 cm³/mol. The molecular formula is C14H19FN2O2S. The summed E-state index contributed by atoms with van der Waals surface area (Å²) < 4.78 is 39.8. The molecule has 2 heterocycles. The van der Waals surface area contributed by atoms with E-state index in [2.05, 4.69) is 5.32 Å². The van der Waals surface area contributed by atoms with E-state index in [1.807, 2.05) is 0 Å². The summed E-state index contributed by atoms with van der Waals surface area (Å²) in [5.74, 6) is -0.523. The minimum atomic E-state index is -3.61. The zero-order chi connectivity index (χ0) is 14.3. The van der Waals surface area contributed by atoms with Gasteiger partial charge in [0.25, 0.3) is 0 Å². The normalized spacial score (nSPS) is 29.9. The first-order valence-corrected chi connectivity index (χ1v) is 8.40. The smallest absolute Gasteiger partial charge is 0.243 e. The highest BCUT2D eigenvalue weighted by Crippen LogP contribution is 2.31. The highest BCUT2D eigenvalue weighted by Gasteiger charge is 2.38. The van der Waals surface area contributed by atoms with Gasteiger partial charge in [0.1, 0.15) is 5.82 Å². The summed E-state index contributed by atoms with van der Waals surface area (Å²) in [5.41, 5.74) is 0. The molecule has 0 spiro atoms. The molecule has 2 bridgehead atoms. The van der Waals surface area contributed by atoms with E-state index in [4.69, 9.17) is 0 Å². The highest BCUT2D eigenvalue weighted by molar-refractivity contribution is 7.89. The maximum Gasteiger partial charge on any atom is 0.243 e. The number of fused-ring (bicyclic) bond motifs is 2. The van der Waals surface area contributed by atoms with Crippen LogP contribution >= 0.6 is 0 Å². The standard InChI is InChI=1S/C14H19FN2O2S/c1-17(13-8-11-5-6-12(9-13)16-11)20(18,19)14-4-2-3-10(15)7-14/h2-4,7,11-13,16H,5-6,8-9H2,1H3. The molecule has 2 saturated heterocycles. The third-order valence-electron chi connectivity index (χ3n) is 4.44. The lowest BCUT2D eigenvalue weighted by Gasteiger charge is -2.34. The lowest BCUT2D eigenvalue weighted by Crippen LogP contribution is -2.48. The van der Waals surface area contributed by atoms with E-state index in [-0.39, 0.29) is 10.9 Å². The van der Waals surface area contributed by atoms with Crippen molar-refractivity contribution in [3.8, 4) is 0 Å². The monoisotopic (exact) mass is 298 g/mol. The largest absolute Gasteiger partial charge is 0.311 e. The molecule has 1 aromatic rings. The van der Waals surface area contributed by atoms with Crippen LogP contribution in [-0.2, 0) is 10.0 Å². The minimum Gasteiger partial charge on any atom is -0.311 e. The van der Waals surface area contributed by atoms with Gasteiger partial charge in [-0.1, -0.05) is 6.07 Å². The van der Waals surface area contributed by atoms with Gasteiger partial charge in [-0.25, -0.2) is 12.8 Å². The Bertz CT molecular complexity index is 593. The molecule has 20 heavy (non-hydrogen) atoms. The van der Waals surface area contributed by atoms with E-state index < -0.39 is 15.8 Å². The van der Waals surface area contributed by atoms with Gasteiger partial charge in [0.05, 0.1) is 4.90 Å². The number of nitrogens with one attached hydrogen (secondary N) is 1. The zero-order valence-corrected chi connectivity index (χ0v) is 12.2. The number of hydrogen-bond acceptors (Lipinski definition) is 3. The first-order chi connectivity index (χ1) is 9.46. The van der Waals surface area contributed by atoms with E-state index in [1.54, 1.807) is 7.05 Å². The molecule has 1 aromatic carbocycles. The van der Waals surface area contributed by atoms with Gasteiger partial charge in [0, 0.05) is 25.2 Å². The maximum absolute atomic E-state index is 13.2. The van der Waals surface area contributed by atoms with E-state index in [0.29, 0.717) is 12.1 Å². The Morgan fingerprint density at radius 2 is 1.90 bits per heavy atom. The molecule has 3 rings (SSSR count). The van der Waals surface area contributed by atoms with Crippen molar-refractivity contribution in [2.24, 2.45) is 0 Å². The second-order valence-corrected chi connectivity index (χ2v) is 7.74. The first-order valence-electron chi connectivity index (χ1n) is 6.96. The number of piperidine rings is 1. The Morgan fingerprint density at radius 3 is 2.50 bits per heavy atom. The van der Waals surface area contributed by atoms with Crippen LogP contribution in [0.3, 0.4) is 0 Å². The fourth-order valence-electron chi connectivity index (χ4n) is 3.31. The lowest BCUT2D eigenvalue weighted by atomic mass is 10.0. The van der Waals surface area contributed by atoms with Crippen molar-refractivity contribution in [1.82, 2.24) is 9.62 Å². The average Bonchev–Trinajstić information content (AvgIpc) is 2.76. The van der Waals surface area contributed by atoms with Gasteiger partial charge >= 0.3 is 0 Å². The Labute approximate surface area is 119 Å². The van der Waals surface area contributed by atoms with Gasteiger partial charge in [0.2, 0.25) is 10.0 Å². The number of sulfonamides is 1. The van der Waals surface area contributed by atoms with Crippen molar-refractivity contribution in [2.75, 3.05) is 7.05 Å². The minimum absolute atomic E-state index is 0.00187. The van der Waals surface area contributed by atoms with E-state index in [1.165, 1.54) is 22.5 Å². The van der Waals surface area contributed by atoms with E-state index in [9.17, 15) is 12.8 Å². The second-order valence-electron chi connectivity index (χ2n) is 5.74. The predicted octanol–water partition coefficient (Wildman–Crippen LogP) is 1.73. The molecule has 2 aliphatic rings. The number of benzene rings is 1. The molecule has 2 fully saturated rings. The maximum atomic E-state index is 13.2. The van der Waals surface area contributed by atoms with Crippen LogP contribution < -0.4 is 5.32 Å². The van der Waals surface area contributed by atoms with Gasteiger partial charge in [-0.3, -0.25) is 0 Å². The zero-order valence-electron chi connectivity index (χ0n) is 11.4. The third kappa shape index (κ3) is 2.47. The summed E-state index contributed by atoms with van der Waals surface area (Å²) in [7, 11) is -2.01. The van der Waals surface area contributed by atoms with Crippen LogP contribution in [0.1, 0.15) is 25.7 Å². The van der Waals surface area contributed by atoms with Crippen molar-refractivity contribution in [2.45, 2.75) is 48.7 Å². The van der Waals surface area contributed by atoms with Crippen molar-refractivity contribution in [3.05, 3.63) is 30.1 Å². The number of hydrogen-bond donors (Lipinski definition) is 1. The molecule has 4 nitrogen and oxygen atoms in total. The number of rotatable bonds is 3. The van der Waals surface area contributed by atoms with Crippen molar-refractivity contribution < 1.29 is 12.8 Å². The van der Waals surface area contributed by atoms with Crippen LogP contribution in [0.4, 0.5) is 4.39 Å². The van der Waals surface area contributed by atoms with Gasteiger partial charge in [0.15, 0.2) is 0 Å². The molecule has 0 saturated carbocycles. The second kappa shape index (κ2) is 5.09. The van der Waals surface area contributed by atoms with Gasteiger partial charge in [-0.2, -0.15) is 4.31 Å². The summed E-state index contributed by atoms with van der Waals surface area (Å²) in [6, 6.07) is 6.06. The fourth-order valence-corrected chi connectivity index (χ4v) is 4.72. The van der Waals surface area contributed by atoms with Crippen LogP contribution in [0, 0.1) is 5.82 Å². The SMILES string of the molecule is CN(C1CC2CCC(C1)N2)S(=O)(=O)c1cccc(F)c1. The average molecular weight is 298 g/mol. The van der Waals surface area contributed by atoms with Crippen LogP contribution in [0.25, 0.3) is 0 Å². The van der Waals surface area contributed by atoms with Crippen LogP contribution in [0.2, 0.25) is 0 Å². The van der Waals surface area contributed by atoms with Gasteiger partial charge in [-0.15, -0.1) is 0 Å². The fraction of sp³-hybridized carbons (Fsp3) is 0.571. The third-order valence-corrected chi connectivity index (χ3v) is 6.34. The Morgan fingerprint density at radius 1 is 1.25 bits per heavy atom. The van der Waals surface area contributed by atoms with E-state index >= 15 is 0 Å². The molecular weight excluding hydrogens is 279 g/mol. The molecule has 1 N–H and O–H groups in total. The van der Waals surface area contributed by atoms with Crippen molar-refractivity contribution in [1.29, 1.82) is 0 Å². The van der Waals surface area contributed by atoms with E-state index in [0.717, 1.165) is 31.7 Å². The van der Waals surface area contributed by atoms with Crippen LogP contribution in [0.15, 0.2) is 29.2 Å². The summed E-state index contributed by atoms with van der Waals surface area (Å²) in [6.45, 7) is 0. The van der Waals surface area contributed by atoms with Crippen LogP contribution in [0.5, 0.6) is 0 Å². The van der Waals surface area contributed by atoms with Crippen LogP contribution in [-0.4, -0.2) is 37.9 Å². The Balaban J connectivity index is 1.84. The van der Waals surface area contributed by atoms with Crippen molar-refractivity contribution >= 4 is 10.0 Å². The first kappa shape index (κ1) is 14.0. The Kier molecular flexibility index (Phi) is 3.56. The molecule has 6 heteroatoms. The topological polar surface area (TPSA) is 49.4 Å². The molecule has 2 aliphatic heterocycles. The molecule has 110 valence electrons. The number of nitrogens with zero attached hydrogens (tertiary/aromatic N) is 1. The van der Waals surface area contributed by atoms with Crippen molar-refractivity contribution in [3.63, 3.8) is 0 Å². The summed E-state index contributed by atoms with van der Waals surface area (Å²) >= 11 is 0. The van der Waals surface area contributed by atoms with Gasteiger partial charge < -0.3 is 5.32 Å². The molecule has 0 amide bonds. The highest BCUT2D eigenvalue weighted by atomic mass is 32.2.